The van der Waals surface area contributed by atoms with Crippen LogP contribution in [-0.4, -0.2) is 8.42 Å². The Balaban J connectivity index is 2.46. The molecule has 0 unspecified atom stereocenters. The fraction of sp³-hybridized carbons (Fsp3) is 0.143. The van der Waals surface area contributed by atoms with Crippen molar-refractivity contribution in [3.8, 4) is 0 Å². The third kappa shape index (κ3) is 3.34. The zero-order valence-electron chi connectivity index (χ0n) is 11.3. The SMILES string of the molecule is Cc1c(Cl)cccc1[N-]S(=O)(=O)c1cc(C[NH3+])ccc1F. The molecule has 0 spiro atoms. The van der Waals surface area contributed by atoms with Crippen LogP contribution < -0.4 is 5.73 Å². The zero-order valence-corrected chi connectivity index (χ0v) is 12.9. The van der Waals surface area contributed by atoms with E-state index in [9.17, 15) is 12.8 Å². The minimum Gasteiger partial charge on any atom is -0.572 e. The van der Waals surface area contributed by atoms with Gasteiger partial charge in [-0.2, -0.15) is 0 Å². The number of hydrogen-bond acceptors (Lipinski definition) is 2. The first-order chi connectivity index (χ1) is 9.85. The molecule has 3 N–H and O–H groups in total. The van der Waals surface area contributed by atoms with Crippen molar-refractivity contribution in [2.45, 2.75) is 18.4 Å². The van der Waals surface area contributed by atoms with Crippen molar-refractivity contribution >= 4 is 27.3 Å². The Morgan fingerprint density at radius 2 is 2.00 bits per heavy atom. The number of halogens is 2. The molecule has 4 nitrogen and oxygen atoms in total. The van der Waals surface area contributed by atoms with Gasteiger partial charge in [0.25, 0.3) is 0 Å². The predicted octanol–water partition coefficient (Wildman–Crippen LogP) is 2.92. The van der Waals surface area contributed by atoms with E-state index in [2.05, 4.69) is 10.5 Å². The summed E-state index contributed by atoms with van der Waals surface area (Å²) in [6, 6.07) is 8.58. The van der Waals surface area contributed by atoms with Crippen LogP contribution in [0.25, 0.3) is 4.72 Å². The quantitative estimate of drug-likeness (QED) is 0.936. The molecule has 0 aliphatic rings. The van der Waals surface area contributed by atoms with Crippen molar-refractivity contribution in [2.24, 2.45) is 0 Å². The van der Waals surface area contributed by atoms with E-state index in [0.29, 0.717) is 22.7 Å². The average Bonchev–Trinajstić information content (AvgIpc) is 2.44. The van der Waals surface area contributed by atoms with E-state index >= 15 is 0 Å². The molecule has 0 aromatic heterocycles. The summed E-state index contributed by atoms with van der Waals surface area (Å²) in [7, 11) is -4.15. The van der Waals surface area contributed by atoms with Gasteiger partial charge in [-0.05, 0) is 30.7 Å². The van der Waals surface area contributed by atoms with Gasteiger partial charge in [0.05, 0.1) is 11.4 Å². The van der Waals surface area contributed by atoms with Crippen molar-refractivity contribution in [1.82, 2.24) is 0 Å². The van der Waals surface area contributed by atoms with Crippen LogP contribution in [0.15, 0.2) is 41.3 Å². The lowest BCUT2D eigenvalue weighted by molar-refractivity contribution is -0.386. The molecular weight excluding hydrogens is 315 g/mol. The highest BCUT2D eigenvalue weighted by atomic mass is 35.5. The lowest BCUT2D eigenvalue weighted by Gasteiger charge is -2.25. The van der Waals surface area contributed by atoms with Crippen LogP contribution in [0.4, 0.5) is 10.1 Å². The standard InChI is InChI=1S/C14H13ClFN2O2S/c1-9-11(15)3-2-4-13(9)18-21(19,20)14-7-10(8-17)5-6-12(14)16/h2-7H,8,17H2,1H3/q-1/p+1. The molecule has 0 fully saturated rings. The van der Waals surface area contributed by atoms with Gasteiger partial charge in [0.1, 0.15) is 15.8 Å². The van der Waals surface area contributed by atoms with Crippen molar-refractivity contribution in [3.63, 3.8) is 0 Å². The minimum absolute atomic E-state index is 0.196. The lowest BCUT2D eigenvalue weighted by atomic mass is 10.2. The largest absolute Gasteiger partial charge is 0.572 e. The van der Waals surface area contributed by atoms with E-state index in [4.69, 9.17) is 11.6 Å². The maximum atomic E-state index is 13.8. The molecule has 0 aliphatic carbocycles. The molecular formula is C14H14ClFN2O2S. The smallest absolute Gasteiger partial charge is 0.140 e. The summed E-state index contributed by atoms with van der Waals surface area (Å²) in [6.07, 6.45) is 0. The van der Waals surface area contributed by atoms with Gasteiger partial charge in [-0.25, -0.2) is 12.8 Å². The molecule has 0 atom stereocenters. The van der Waals surface area contributed by atoms with Crippen LogP contribution in [0.5, 0.6) is 0 Å². The molecule has 21 heavy (non-hydrogen) atoms. The summed E-state index contributed by atoms with van der Waals surface area (Å²) in [4.78, 5) is -0.456. The van der Waals surface area contributed by atoms with Gasteiger partial charge < -0.3 is 10.5 Å². The van der Waals surface area contributed by atoms with E-state index in [1.165, 1.54) is 18.2 Å². The number of sulfonamides is 1. The molecule has 0 bridgehead atoms. The number of nitrogens with zero attached hydrogens (tertiary/aromatic N) is 1. The first-order valence-corrected chi connectivity index (χ1v) is 7.98. The molecule has 0 heterocycles. The van der Waals surface area contributed by atoms with Crippen molar-refractivity contribution in [3.05, 3.63) is 63.1 Å². The molecule has 112 valence electrons. The normalized spacial score (nSPS) is 11.4. The molecule has 2 aromatic carbocycles. The Bertz CT molecular complexity index is 779. The second-order valence-electron chi connectivity index (χ2n) is 4.47. The number of benzene rings is 2. The molecule has 0 radical (unpaired) electrons. The Hall–Kier alpha value is -1.63. The van der Waals surface area contributed by atoms with E-state index < -0.39 is 20.7 Å². The molecule has 0 aliphatic heterocycles. The monoisotopic (exact) mass is 328 g/mol. The van der Waals surface area contributed by atoms with Crippen molar-refractivity contribution < 1.29 is 18.5 Å². The van der Waals surface area contributed by atoms with Gasteiger partial charge in [0.2, 0.25) is 0 Å². The van der Waals surface area contributed by atoms with E-state index in [0.717, 1.165) is 6.07 Å². The van der Waals surface area contributed by atoms with E-state index in [1.54, 1.807) is 19.1 Å². The van der Waals surface area contributed by atoms with Gasteiger partial charge in [-0.3, -0.25) is 0 Å². The number of quaternary nitrogens is 1. The Morgan fingerprint density at radius 1 is 1.29 bits per heavy atom. The summed E-state index contributed by atoms with van der Waals surface area (Å²) < 4.78 is 42.1. The van der Waals surface area contributed by atoms with E-state index in [1.807, 2.05) is 0 Å². The van der Waals surface area contributed by atoms with Crippen LogP contribution >= 0.6 is 11.6 Å². The number of hydrogen-bond donors (Lipinski definition) is 1. The van der Waals surface area contributed by atoms with Gasteiger partial charge in [-0.1, -0.05) is 29.8 Å². The maximum Gasteiger partial charge on any atom is 0.140 e. The zero-order chi connectivity index (χ0) is 15.6. The van der Waals surface area contributed by atoms with Crippen LogP contribution in [0, 0.1) is 12.7 Å². The lowest BCUT2D eigenvalue weighted by Crippen LogP contribution is -2.47. The first-order valence-electron chi connectivity index (χ1n) is 6.16. The first kappa shape index (κ1) is 15.8. The fourth-order valence-electron chi connectivity index (χ4n) is 1.77. The highest BCUT2D eigenvalue weighted by molar-refractivity contribution is 7.94. The van der Waals surface area contributed by atoms with Crippen LogP contribution in [0.3, 0.4) is 0 Å². The fourth-order valence-corrected chi connectivity index (χ4v) is 3.11. The van der Waals surface area contributed by atoms with Gasteiger partial charge in [0.15, 0.2) is 0 Å². The highest BCUT2D eigenvalue weighted by Gasteiger charge is 2.13. The highest BCUT2D eigenvalue weighted by Crippen LogP contribution is 2.34. The maximum absolute atomic E-state index is 13.8. The number of rotatable bonds is 4. The average molecular weight is 329 g/mol. The van der Waals surface area contributed by atoms with Crippen LogP contribution in [0.2, 0.25) is 5.02 Å². The van der Waals surface area contributed by atoms with Crippen molar-refractivity contribution in [2.75, 3.05) is 0 Å². The predicted molar refractivity (Wildman–Crippen MR) is 79.4 cm³/mol. The van der Waals surface area contributed by atoms with Crippen LogP contribution in [-0.2, 0) is 16.6 Å². The summed E-state index contributed by atoms with van der Waals surface area (Å²) in [5, 5.41) is 0.401. The third-order valence-electron chi connectivity index (χ3n) is 3.02. The Kier molecular flexibility index (Phi) is 4.51. The van der Waals surface area contributed by atoms with Gasteiger partial charge in [-0.15, -0.1) is 5.69 Å². The molecule has 2 rings (SSSR count). The summed E-state index contributed by atoms with van der Waals surface area (Å²) in [6.45, 7) is 2.01. The summed E-state index contributed by atoms with van der Waals surface area (Å²) >= 11 is 5.93. The van der Waals surface area contributed by atoms with Gasteiger partial charge >= 0.3 is 0 Å². The molecule has 0 amide bonds. The van der Waals surface area contributed by atoms with Crippen molar-refractivity contribution in [1.29, 1.82) is 0 Å². The van der Waals surface area contributed by atoms with Gasteiger partial charge in [0, 0.05) is 10.6 Å². The summed E-state index contributed by atoms with van der Waals surface area (Å²) in [5.41, 5.74) is 4.99. The second kappa shape index (κ2) is 6.01. The Labute approximate surface area is 127 Å². The minimum atomic E-state index is -4.15. The molecule has 7 heteroatoms. The third-order valence-corrected chi connectivity index (χ3v) is 4.74. The summed E-state index contributed by atoms with van der Waals surface area (Å²) in [5.74, 6) is -0.837. The topological polar surface area (TPSA) is 75.9 Å². The van der Waals surface area contributed by atoms with E-state index in [-0.39, 0.29) is 5.69 Å². The molecule has 0 saturated carbocycles. The van der Waals surface area contributed by atoms with Crippen LogP contribution in [0.1, 0.15) is 11.1 Å². The Morgan fingerprint density at radius 3 is 2.67 bits per heavy atom. The molecule has 2 aromatic rings. The molecule has 0 saturated heterocycles. The second-order valence-corrected chi connectivity index (χ2v) is 6.44.